The van der Waals surface area contributed by atoms with Gasteiger partial charge >= 0.3 is 0 Å². The van der Waals surface area contributed by atoms with Crippen LogP contribution in [0.5, 0.6) is 0 Å². The van der Waals surface area contributed by atoms with Crippen molar-refractivity contribution in [3.8, 4) is 16.8 Å². The molecule has 0 fully saturated rings. The molecule has 0 unspecified atom stereocenters. The molecule has 0 aliphatic heterocycles. The quantitative estimate of drug-likeness (QED) is 0.221. The summed E-state index contributed by atoms with van der Waals surface area (Å²) in [6, 6.07) is 39.6. The molecule has 2 heterocycles. The highest BCUT2D eigenvalue weighted by atomic mass is 79.9. The molecule has 3 heteroatoms. The van der Waals surface area contributed by atoms with Crippen molar-refractivity contribution in [3.05, 3.63) is 114 Å². The minimum atomic E-state index is 1.12. The number of benzene rings is 5. The van der Waals surface area contributed by atoms with E-state index in [9.17, 15) is 0 Å². The molecule has 7 aromatic rings. The van der Waals surface area contributed by atoms with Crippen LogP contribution in [0.15, 0.2) is 114 Å². The summed E-state index contributed by atoms with van der Waals surface area (Å²) in [6.45, 7) is 0. The van der Waals surface area contributed by atoms with Gasteiger partial charge in [0.1, 0.15) is 0 Å². The molecule has 0 saturated carbocycles. The van der Waals surface area contributed by atoms with Gasteiger partial charge in [0.15, 0.2) is 0 Å². The van der Waals surface area contributed by atoms with Crippen LogP contribution in [0, 0.1) is 0 Å². The lowest BCUT2D eigenvalue weighted by molar-refractivity contribution is 1.18. The van der Waals surface area contributed by atoms with Crippen LogP contribution in [-0.2, 0) is 0 Å². The molecule has 2 aromatic heterocycles. The van der Waals surface area contributed by atoms with Crippen molar-refractivity contribution in [3.63, 3.8) is 0 Å². The minimum absolute atomic E-state index is 1.12. The fourth-order valence-corrected chi connectivity index (χ4v) is 6.36. The number of thiophene rings is 1. The Morgan fingerprint density at radius 2 is 1.18 bits per heavy atom. The van der Waals surface area contributed by atoms with E-state index in [1.165, 1.54) is 58.8 Å². The summed E-state index contributed by atoms with van der Waals surface area (Å²) in [5.74, 6) is 0. The van der Waals surface area contributed by atoms with Crippen molar-refractivity contribution in [1.29, 1.82) is 0 Å². The van der Waals surface area contributed by atoms with Crippen LogP contribution >= 0.6 is 27.3 Å². The molecular weight excluding hydrogens is 486 g/mol. The summed E-state index contributed by atoms with van der Waals surface area (Å²) < 4.78 is 6.15. The van der Waals surface area contributed by atoms with Crippen molar-refractivity contribution < 1.29 is 0 Å². The highest BCUT2D eigenvalue weighted by Gasteiger charge is 2.14. The summed E-state index contributed by atoms with van der Waals surface area (Å²) >= 11 is 5.50. The number of fused-ring (bicyclic) bond motifs is 6. The van der Waals surface area contributed by atoms with Gasteiger partial charge in [-0.1, -0.05) is 70.5 Å². The third-order valence-electron chi connectivity index (χ3n) is 6.45. The van der Waals surface area contributed by atoms with Gasteiger partial charge in [-0.25, -0.2) is 0 Å². The smallest absolute Gasteiger partial charge is 0.0547 e. The molecule has 0 bridgehead atoms. The van der Waals surface area contributed by atoms with Crippen LogP contribution in [0.1, 0.15) is 0 Å². The fraction of sp³-hybridized carbons (Fsp3) is 0. The molecule has 0 radical (unpaired) electrons. The molecule has 0 aliphatic rings. The Kier molecular flexibility index (Phi) is 4.23. The second-order valence-corrected chi connectivity index (χ2v) is 10.4. The van der Waals surface area contributed by atoms with Crippen LogP contribution in [0.25, 0.3) is 58.8 Å². The van der Waals surface area contributed by atoms with E-state index >= 15 is 0 Å². The molecule has 0 aliphatic carbocycles. The zero-order valence-corrected chi connectivity index (χ0v) is 20.0. The van der Waals surface area contributed by atoms with Crippen molar-refractivity contribution >= 4 is 69.2 Å². The Morgan fingerprint density at radius 1 is 0.515 bits per heavy atom. The number of nitrogens with zero attached hydrogens (tertiary/aromatic N) is 1. The minimum Gasteiger partial charge on any atom is -0.309 e. The van der Waals surface area contributed by atoms with E-state index in [0.29, 0.717) is 0 Å². The van der Waals surface area contributed by atoms with Crippen LogP contribution in [-0.4, -0.2) is 4.57 Å². The highest BCUT2D eigenvalue weighted by molar-refractivity contribution is 9.10. The van der Waals surface area contributed by atoms with Crippen molar-refractivity contribution in [1.82, 2.24) is 4.57 Å². The Labute approximate surface area is 203 Å². The molecule has 7 rings (SSSR count). The van der Waals surface area contributed by atoms with Crippen LogP contribution < -0.4 is 0 Å². The van der Waals surface area contributed by atoms with E-state index in [0.717, 1.165) is 4.47 Å². The zero-order valence-electron chi connectivity index (χ0n) is 17.6. The van der Waals surface area contributed by atoms with E-state index in [1.807, 2.05) is 11.3 Å². The molecule has 33 heavy (non-hydrogen) atoms. The van der Waals surface area contributed by atoms with Crippen molar-refractivity contribution in [2.45, 2.75) is 0 Å². The summed E-state index contributed by atoms with van der Waals surface area (Å²) in [7, 11) is 0. The van der Waals surface area contributed by atoms with E-state index in [-0.39, 0.29) is 0 Å². The standard InChI is InChI=1S/C30H18BrNS/c31-21-12-15-30-26(18-21)25-16-19(11-14-29(25)33-30)20-10-13-24-23-8-4-5-9-27(23)32(28(24)17-20)22-6-2-1-3-7-22/h1-18H. The average molecular weight is 504 g/mol. The summed E-state index contributed by atoms with van der Waals surface area (Å²) in [5, 5.41) is 5.19. The fourth-order valence-electron chi connectivity index (χ4n) is 4.93. The Hall–Kier alpha value is -3.40. The van der Waals surface area contributed by atoms with Gasteiger partial charge in [-0.15, -0.1) is 11.3 Å². The van der Waals surface area contributed by atoms with Crippen LogP contribution in [0.3, 0.4) is 0 Å². The maximum absolute atomic E-state index is 3.64. The van der Waals surface area contributed by atoms with Gasteiger partial charge < -0.3 is 4.57 Å². The summed E-state index contributed by atoms with van der Waals surface area (Å²) in [4.78, 5) is 0. The Morgan fingerprint density at radius 3 is 2.06 bits per heavy atom. The second kappa shape index (κ2) is 7.31. The largest absolute Gasteiger partial charge is 0.309 e. The van der Waals surface area contributed by atoms with Gasteiger partial charge in [-0.3, -0.25) is 0 Å². The molecule has 0 atom stereocenters. The maximum Gasteiger partial charge on any atom is 0.0547 e. The third kappa shape index (κ3) is 2.97. The molecule has 5 aromatic carbocycles. The maximum atomic E-state index is 3.64. The molecule has 156 valence electrons. The third-order valence-corrected chi connectivity index (χ3v) is 8.10. The van der Waals surface area contributed by atoms with Crippen LogP contribution in [0.2, 0.25) is 0 Å². The SMILES string of the molecule is Brc1ccc2sc3ccc(-c4ccc5c6ccccc6n(-c6ccccc6)c5c4)cc3c2c1. The van der Waals surface area contributed by atoms with Gasteiger partial charge in [0.05, 0.1) is 11.0 Å². The first-order valence-corrected chi connectivity index (χ1v) is 12.6. The Bertz CT molecular complexity index is 1830. The lowest BCUT2D eigenvalue weighted by atomic mass is 10.0. The number of hydrogen-bond donors (Lipinski definition) is 0. The molecule has 0 N–H and O–H groups in total. The summed E-state index contributed by atoms with van der Waals surface area (Å²) in [6.07, 6.45) is 0. The predicted octanol–water partition coefficient (Wildman–Crippen LogP) is 9.58. The van der Waals surface area contributed by atoms with Crippen molar-refractivity contribution in [2.75, 3.05) is 0 Å². The van der Waals surface area contributed by atoms with Crippen LogP contribution in [0.4, 0.5) is 0 Å². The first-order chi connectivity index (χ1) is 16.3. The molecular formula is C30H18BrNS. The van der Waals surface area contributed by atoms with Gasteiger partial charge in [0.2, 0.25) is 0 Å². The number of hydrogen-bond acceptors (Lipinski definition) is 1. The average Bonchev–Trinajstić information content (AvgIpc) is 3.39. The second-order valence-electron chi connectivity index (χ2n) is 8.37. The van der Waals surface area contributed by atoms with E-state index < -0.39 is 0 Å². The normalized spacial score (nSPS) is 11.8. The van der Waals surface area contributed by atoms with E-state index in [1.54, 1.807) is 0 Å². The Balaban J connectivity index is 1.50. The molecule has 0 spiro atoms. The lowest BCUT2D eigenvalue weighted by Gasteiger charge is -2.09. The number of aromatic nitrogens is 1. The number of halogens is 1. The summed E-state index contributed by atoms with van der Waals surface area (Å²) in [5.41, 5.74) is 6.13. The van der Waals surface area contributed by atoms with Gasteiger partial charge in [0.25, 0.3) is 0 Å². The lowest BCUT2D eigenvalue weighted by Crippen LogP contribution is -1.93. The van der Waals surface area contributed by atoms with E-state index in [2.05, 4.69) is 130 Å². The number of para-hydroxylation sites is 2. The van der Waals surface area contributed by atoms with Gasteiger partial charge in [0, 0.05) is 41.1 Å². The predicted molar refractivity (Wildman–Crippen MR) is 147 cm³/mol. The topological polar surface area (TPSA) is 4.93 Å². The molecule has 1 nitrogen and oxygen atoms in total. The first-order valence-electron chi connectivity index (χ1n) is 11.0. The molecule has 0 saturated heterocycles. The number of rotatable bonds is 2. The molecule has 0 amide bonds. The van der Waals surface area contributed by atoms with Gasteiger partial charge in [-0.05, 0) is 65.7 Å². The zero-order chi connectivity index (χ0) is 21.9. The first kappa shape index (κ1) is 19.1. The van der Waals surface area contributed by atoms with Crippen molar-refractivity contribution in [2.24, 2.45) is 0 Å². The monoisotopic (exact) mass is 503 g/mol. The van der Waals surface area contributed by atoms with Gasteiger partial charge in [-0.2, -0.15) is 0 Å². The highest BCUT2D eigenvalue weighted by Crippen LogP contribution is 2.39. The van der Waals surface area contributed by atoms with E-state index in [4.69, 9.17) is 0 Å².